The molecular formula is C12H13Br2FO2. The van der Waals surface area contributed by atoms with Gasteiger partial charge in [-0.05, 0) is 28.4 Å². The molecule has 0 saturated carbocycles. The van der Waals surface area contributed by atoms with Crippen LogP contribution in [0.3, 0.4) is 0 Å². The molecule has 2 rings (SSSR count). The molecule has 5 heteroatoms. The average Bonchev–Trinajstić information content (AvgIpc) is 2.84. The molecule has 0 radical (unpaired) electrons. The van der Waals surface area contributed by atoms with Gasteiger partial charge in [0.1, 0.15) is 11.6 Å². The van der Waals surface area contributed by atoms with Crippen LogP contribution in [0.5, 0.6) is 5.75 Å². The van der Waals surface area contributed by atoms with Gasteiger partial charge < -0.3 is 9.47 Å². The van der Waals surface area contributed by atoms with Crippen LogP contribution in [0.4, 0.5) is 4.39 Å². The third-order valence-electron chi connectivity index (χ3n) is 2.95. The van der Waals surface area contributed by atoms with E-state index in [0.29, 0.717) is 16.1 Å². The van der Waals surface area contributed by atoms with E-state index in [0.717, 1.165) is 25.2 Å². The number of rotatable bonds is 3. The Hall–Kier alpha value is -0.130. The van der Waals surface area contributed by atoms with Gasteiger partial charge in [0.15, 0.2) is 0 Å². The van der Waals surface area contributed by atoms with Crippen molar-refractivity contribution in [1.82, 2.24) is 0 Å². The van der Waals surface area contributed by atoms with Crippen molar-refractivity contribution in [1.29, 1.82) is 0 Å². The number of halogens is 3. The van der Waals surface area contributed by atoms with Crippen molar-refractivity contribution >= 4 is 31.9 Å². The van der Waals surface area contributed by atoms with E-state index in [9.17, 15) is 4.39 Å². The summed E-state index contributed by atoms with van der Waals surface area (Å²) in [5, 5.41) is 0. The first-order valence-corrected chi connectivity index (χ1v) is 7.09. The zero-order chi connectivity index (χ0) is 12.4. The van der Waals surface area contributed by atoms with E-state index in [-0.39, 0.29) is 10.6 Å². The van der Waals surface area contributed by atoms with Gasteiger partial charge in [-0.25, -0.2) is 4.39 Å². The maximum atomic E-state index is 13.4. The van der Waals surface area contributed by atoms with Crippen LogP contribution in [-0.2, 0) is 4.74 Å². The number of hydrogen-bond donors (Lipinski definition) is 0. The Bertz CT molecular complexity index is 406. The molecule has 2 unspecified atom stereocenters. The predicted molar refractivity (Wildman–Crippen MR) is 71.2 cm³/mol. The molecule has 0 amide bonds. The van der Waals surface area contributed by atoms with Gasteiger partial charge in [-0.15, -0.1) is 0 Å². The molecule has 2 atom stereocenters. The SMILES string of the molecule is COc1cc(F)c(Br)cc1C(Br)C1CCOC1. The van der Waals surface area contributed by atoms with Crippen LogP contribution < -0.4 is 4.74 Å². The zero-order valence-electron chi connectivity index (χ0n) is 9.38. The summed E-state index contributed by atoms with van der Waals surface area (Å²) < 4.78 is 24.5. The molecule has 1 saturated heterocycles. The van der Waals surface area contributed by atoms with Crippen LogP contribution in [0.1, 0.15) is 16.8 Å². The summed E-state index contributed by atoms with van der Waals surface area (Å²) in [5.41, 5.74) is 0.955. The summed E-state index contributed by atoms with van der Waals surface area (Å²) in [4.78, 5) is 0.122. The number of alkyl halides is 1. The van der Waals surface area contributed by atoms with Crippen LogP contribution in [-0.4, -0.2) is 20.3 Å². The molecule has 1 fully saturated rings. The molecule has 1 aliphatic rings. The highest BCUT2D eigenvalue weighted by atomic mass is 79.9. The van der Waals surface area contributed by atoms with Gasteiger partial charge in [-0.3, -0.25) is 0 Å². The summed E-state index contributed by atoms with van der Waals surface area (Å²) >= 11 is 6.86. The monoisotopic (exact) mass is 366 g/mol. The Morgan fingerprint density at radius 2 is 2.29 bits per heavy atom. The summed E-state index contributed by atoms with van der Waals surface area (Å²) in [6, 6.07) is 3.18. The fourth-order valence-corrected chi connectivity index (χ4v) is 3.11. The predicted octanol–water partition coefficient (Wildman–Crippen LogP) is 4.07. The highest BCUT2D eigenvalue weighted by Gasteiger charge is 2.27. The number of methoxy groups -OCH3 is 1. The summed E-state index contributed by atoms with van der Waals surface area (Å²) in [7, 11) is 1.55. The van der Waals surface area contributed by atoms with E-state index in [2.05, 4.69) is 31.9 Å². The molecule has 94 valence electrons. The van der Waals surface area contributed by atoms with Crippen molar-refractivity contribution in [3.8, 4) is 5.75 Å². The first-order valence-electron chi connectivity index (χ1n) is 5.38. The molecule has 1 heterocycles. The Balaban J connectivity index is 2.32. The average molecular weight is 368 g/mol. The quantitative estimate of drug-likeness (QED) is 0.750. The molecule has 1 aromatic rings. The summed E-state index contributed by atoms with van der Waals surface area (Å²) in [6.45, 7) is 1.52. The van der Waals surface area contributed by atoms with Crippen LogP contribution in [0, 0.1) is 11.7 Å². The number of ether oxygens (including phenoxy) is 2. The lowest BCUT2D eigenvalue weighted by atomic mass is 9.98. The van der Waals surface area contributed by atoms with Gasteiger partial charge in [-0.1, -0.05) is 15.9 Å². The lowest BCUT2D eigenvalue weighted by Crippen LogP contribution is -2.09. The second-order valence-electron chi connectivity index (χ2n) is 4.03. The zero-order valence-corrected chi connectivity index (χ0v) is 12.6. The van der Waals surface area contributed by atoms with Crippen molar-refractivity contribution < 1.29 is 13.9 Å². The summed E-state index contributed by atoms with van der Waals surface area (Å²) in [6.07, 6.45) is 1.01. The van der Waals surface area contributed by atoms with Crippen molar-refractivity contribution in [2.75, 3.05) is 20.3 Å². The molecule has 0 aromatic heterocycles. The molecule has 17 heavy (non-hydrogen) atoms. The van der Waals surface area contributed by atoms with Crippen molar-refractivity contribution in [3.05, 3.63) is 28.0 Å². The Kier molecular flexibility index (Phi) is 4.44. The molecule has 0 spiro atoms. The van der Waals surface area contributed by atoms with Crippen LogP contribution in [0.15, 0.2) is 16.6 Å². The minimum Gasteiger partial charge on any atom is -0.496 e. The maximum absolute atomic E-state index is 13.4. The topological polar surface area (TPSA) is 18.5 Å². The van der Waals surface area contributed by atoms with Crippen molar-refractivity contribution in [2.24, 2.45) is 5.92 Å². The number of hydrogen-bond acceptors (Lipinski definition) is 2. The fourth-order valence-electron chi connectivity index (χ4n) is 1.97. The second kappa shape index (κ2) is 5.67. The van der Waals surface area contributed by atoms with E-state index >= 15 is 0 Å². The molecular weight excluding hydrogens is 355 g/mol. The minimum atomic E-state index is -0.312. The third-order valence-corrected chi connectivity index (χ3v) is 4.80. The fraction of sp³-hybridized carbons (Fsp3) is 0.500. The van der Waals surface area contributed by atoms with Gasteiger partial charge in [0.25, 0.3) is 0 Å². The molecule has 2 nitrogen and oxygen atoms in total. The summed E-state index contributed by atoms with van der Waals surface area (Å²) in [5.74, 6) is 0.661. The largest absolute Gasteiger partial charge is 0.496 e. The van der Waals surface area contributed by atoms with E-state index in [1.54, 1.807) is 13.2 Å². The maximum Gasteiger partial charge on any atom is 0.141 e. The third kappa shape index (κ3) is 2.83. The normalized spacial score (nSPS) is 21.5. The molecule has 1 aliphatic heterocycles. The second-order valence-corrected chi connectivity index (χ2v) is 5.87. The Labute approximate surface area is 117 Å². The number of benzene rings is 1. The first-order chi connectivity index (χ1) is 8.13. The van der Waals surface area contributed by atoms with Crippen molar-refractivity contribution in [3.63, 3.8) is 0 Å². The van der Waals surface area contributed by atoms with Crippen molar-refractivity contribution in [2.45, 2.75) is 11.2 Å². The van der Waals surface area contributed by atoms with Crippen LogP contribution in [0.25, 0.3) is 0 Å². The van der Waals surface area contributed by atoms with E-state index in [1.165, 1.54) is 6.07 Å². The highest BCUT2D eigenvalue weighted by molar-refractivity contribution is 9.10. The van der Waals surface area contributed by atoms with E-state index < -0.39 is 0 Å². The standard InChI is InChI=1S/C12H13Br2FO2/c1-16-11-5-10(15)9(13)4-8(11)12(14)7-2-3-17-6-7/h4-5,7,12H,2-3,6H2,1H3. The Morgan fingerprint density at radius 3 is 2.88 bits per heavy atom. The van der Waals surface area contributed by atoms with E-state index in [4.69, 9.17) is 9.47 Å². The molecule has 1 aromatic carbocycles. The van der Waals surface area contributed by atoms with Gasteiger partial charge in [0, 0.05) is 29.0 Å². The van der Waals surface area contributed by atoms with E-state index in [1.807, 2.05) is 0 Å². The highest BCUT2D eigenvalue weighted by Crippen LogP contribution is 2.41. The van der Waals surface area contributed by atoms with Crippen LogP contribution >= 0.6 is 31.9 Å². The van der Waals surface area contributed by atoms with Crippen LogP contribution in [0.2, 0.25) is 0 Å². The molecule has 0 N–H and O–H groups in total. The van der Waals surface area contributed by atoms with Gasteiger partial charge in [0.05, 0.1) is 18.2 Å². The lowest BCUT2D eigenvalue weighted by molar-refractivity contribution is 0.185. The van der Waals surface area contributed by atoms with Gasteiger partial charge in [0.2, 0.25) is 0 Å². The first kappa shape index (κ1) is 13.3. The minimum absolute atomic E-state index is 0.122. The smallest absolute Gasteiger partial charge is 0.141 e. The van der Waals surface area contributed by atoms with Gasteiger partial charge in [-0.2, -0.15) is 0 Å². The molecule has 0 bridgehead atoms. The lowest BCUT2D eigenvalue weighted by Gasteiger charge is -2.19. The Morgan fingerprint density at radius 1 is 1.53 bits per heavy atom. The van der Waals surface area contributed by atoms with Gasteiger partial charge >= 0.3 is 0 Å². The molecule has 0 aliphatic carbocycles.